The molecule has 2 aromatic heterocycles. The SMILES string of the molecule is C=C(OCc1ccccc1)N1Cc2cc3nc(-c4c(O)c(-c5ccc(C)cc5)nn4C)[nH]c3cc2C1. The van der Waals surface area contributed by atoms with Crippen LogP contribution in [-0.2, 0) is 31.5 Å². The number of hydrogen-bond donors (Lipinski definition) is 2. The predicted molar refractivity (Wildman–Crippen MR) is 140 cm³/mol. The number of aromatic hydroxyl groups is 1. The van der Waals surface area contributed by atoms with Gasteiger partial charge in [0.2, 0.25) is 0 Å². The largest absolute Gasteiger partial charge is 0.504 e. The Morgan fingerprint density at radius 3 is 2.53 bits per heavy atom. The van der Waals surface area contributed by atoms with Gasteiger partial charge < -0.3 is 19.7 Å². The standard InChI is InChI=1S/C29H27N5O2/c1-18-9-11-21(12-10-18)26-28(35)27(33(3)32-26)29-30-24-13-22-15-34(16-23(22)14-25(24)31-29)19(2)36-17-20-7-5-4-6-8-20/h4-14,35H,2,15-17H2,1,3H3,(H,30,31). The van der Waals surface area contributed by atoms with Crippen molar-refractivity contribution < 1.29 is 9.84 Å². The molecule has 3 heterocycles. The van der Waals surface area contributed by atoms with E-state index in [1.54, 1.807) is 4.68 Å². The van der Waals surface area contributed by atoms with Gasteiger partial charge in [-0.3, -0.25) is 4.68 Å². The van der Waals surface area contributed by atoms with Gasteiger partial charge in [0, 0.05) is 25.7 Å². The molecule has 180 valence electrons. The zero-order valence-corrected chi connectivity index (χ0v) is 20.3. The van der Waals surface area contributed by atoms with E-state index in [1.165, 1.54) is 11.1 Å². The van der Waals surface area contributed by atoms with Crippen LogP contribution >= 0.6 is 0 Å². The monoisotopic (exact) mass is 477 g/mol. The number of imidazole rings is 1. The number of rotatable bonds is 6. The van der Waals surface area contributed by atoms with Crippen molar-refractivity contribution in [1.82, 2.24) is 24.6 Å². The molecule has 2 N–H and O–H groups in total. The fourth-order valence-corrected chi connectivity index (χ4v) is 4.71. The second-order valence-electron chi connectivity index (χ2n) is 9.28. The number of nitrogens with zero attached hydrogens (tertiary/aromatic N) is 4. The van der Waals surface area contributed by atoms with E-state index in [2.05, 4.69) is 33.7 Å². The molecule has 0 aliphatic carbocycles. The van der Waals surface area contributed by atoms with Gasteiger partial charge in [0.25, 0.3) is 0 Å². The highest BCUT2D eigenvalue weighted by atomic mass is 16.5. The van der Waals surface area contributed by atoms with Crippen LogP contribution in [0, 0.1) is 6.92 Å². The molecule has 0 fully saturated rings. The average molecular weight is 478 g/mol. The molecule has 3 aromatic carbocycles. The second-order valence-corrected chi connectivity index (χ2v) is 9.28. The molecule has 0 saturated carbocycles. The normalized spacial score (nSPS) is 12.8. The highest BCUT2D eigenvalue weighted by Crippen LogP contribution is 2.38. The van der Waals surface area contributed by atoms with E-state index < -0.39 is 0 Å². The Morgan fingerprint density at radius 1 is 1.06 bits per heavy atom. The molecule has 1 aliphatic heterocycles. The zero-order valence-electron chi connectivity index (χ0n) is 20.3. The third-order valence-electron chi connectivity index (χ3n) is 6.70. The number of ether oxygens (including phenoxy) is 1. The minimum atomic E-state index is 0.117. The molecule has 7 nitrogen and oxygen atoms in total. The first-order valence-corrected chi connectivity index (χ1v) is 11.9. The topological polar surface area (TPSA) is 79.2 Å². The first kappa shape index (κ1) is 22.0. The summed E-state index contributed by atoms with van der Waals surface area (Å²) in [5, 5.41) is 15.6. The summed E-state index contributed by atoms with van der Waals surface area (Å²) in [6.45, 7) is 8.11. The highest BCUT2D eigenvalue weighted by molar-refractivity contribution is 5.83. The van der Waals surface area contributed by atoms with Gasteiger partial charge in [0.05, 0.1) is 11.0 Å². The molecular weight excluding hydrogens is 450 g/mol. The molecule has 0 amide bonds. The highest BCUT2D eigenvalue weighted by Gasteiger charge is 2.25. The van der Waals surface area contributed by atoms with Crippen molar-refractivity contribution in [2.75, 3.05) is 0 Å². The molecule has 0 bridgehead atoms. The van der Waals surface area contributed by atoms with Gasteiger partial charge in [0.15, 0.2) is 17.5 Å². The quantitative estimate of drug-likeness (QED) is 0.309. The molecule has 1 aliphatic rings. The zero-order chi connectivity index (χ0) is 24.8. The van der Waals surface area contributed by atoms with Crippen LogP contribution in [0.1, 0.15) is 22.3 Å². The lowest BCUT2D eigenvalue weighted by Crippen LogP contribution is -2.17. The van der Waals surface area contributed by atoms with Crippen LogP contribution in [0.5, 0.6) is 5.75 Å². The van der Waals surface area contributed by atoms with Crippen molar-refractivity contribution in [2.24, 2.45) is 7.05 Å². The summed E-state index contributed by atoms with van der Waals surface area (Å²) >= 11 is 0. The van der Waals surface area contributed by atoms with Crippen LogP contribution in [0.3, 0.4) is 0 Å². The van der Waals surface area contributed by atoms with Crippen molar-refractivity contribution in [3.63, 3.8) is 0 Å². The number of hydrogen-bond acceptors (Lipinski definition) is 5. The third-order valence-corrected chi connectivity index (χ3v) is 6.70. The van der Waals surface area contributed by atoms with E-state index in [9.17, 15) is 5.11 Å². The van der Waals surface area contributed by atoms with Crippen molar-refractivity contribution in [2.45, 2.75) is 26.6 Å². The van der Waals surface area contributed by atoms with E-state index in [4.69, 9.17) is 9.72 Å². The van der Waals surface area contributed by atoms with Gasteiger partial charge in [-0.2, -0.15) is 5.10 Å². The van der Waals surface area contributed by atoms with Gasteiger partial charge in [-0.15, -0.1) is 0 Å². The van der Waals surface area contributed by atoms with E-state index in [-0.39, 0.29) is 5.75 Å². The van der Waals surface area contributed by atoms with Gasteiger partial charge >= 0.3 is 0 Å². The summed E-state index contributed by atoms with van der Waals surface area (Å²) in [4.78, 5) is 10.3. The van der Waals surface area contributed by atoms with Crippen LogP contribution in [0.25, 0.3) is 33.8 Å². The van der Waals surface area contributed by atoms with Crippen LogP contribution in [0.4, 0.5) is 0 Å². The molecular formula is C29H27N5O2. The van der Waals surface area contributed by atoms with Crippen molar-refractivity contribution in [1.29, 1.82) is 0 Å². The molecule has 36 heavy (non-hydrogen) atoms. The number of H-pyrrole nitrogens is 1. The Morgan fingerprint density at radius 2 is 1.78 bits per heavy atom. The minimum Gasteiger partial charge on any atom is -0.504 e. The van der Waals surface area contributed by atoms with E-state index in [0.29, 0.717) is 29.7 Å². The van der Waals surface area contributed by atoms with Crippen molar-refractivity contribution in [3.05, 3.63) is 101 Å². The van der Waals surface area contributed by atoms with Gasteiger partial charge in [-0.25, -0.2) is 4.98 Å². The van der Waals surface area contributed by atoms with Crippen LogP contribution in [-0.4, -0.2) is 29.8 Å². The first-order valence-electron chi connectivity index (χ1n) is 11.9. The van der Waals surface area contributed by atoms with Crippen molar-refractivity contribution >= 4 is 11.0 Å². The smallest absolute Gasteiger partial charge is 0.182 e. The third kappa shape index (κ3) is 3.88. The molecule has 0 unspecified atom stereocenters. The number of aromatic nitrogens is 4. The number of aromatic amines is 1. The Bertz CT molecular complexity index is 1540. The maximum Gasteiger partial charge on any atom is 0.182 e. The Kier molecular flexibility index (Phi) is 5.25. The molecule has 0 saturated heterocycles. The van der Waals surface area contributed by atoms with Crippen LogP contribution < -0.4 is 0 Å². The average Bonchev–Trinajstić information content (AvgIpc) is 3.56. The molecule has 0 radical (unpaired) electrons. The first-order chi connectivity index (χ1) is 17.5. The second kappa shape index (κ2) is 8.61. The van der Waals surface area contributed by atoms with E-state index in [0.717, 1.165) is 40.8 Å². The van der Waals surface area contributed by atoms with E-state index in [1.807, 2.05) is 68.6 Å². The van der Waals surface area contributed by atoms with Gasteiger partial charge in [0.1, 0.15) is 18.0 Å². The predicted octanol–water partition coefficient (Wildman–Crippen LogP) is 5.65. The lowest BCUT2D eigenvalue weighted by atomic mass is 10.1. The lowest BCUT2D eigenvalue weighted by Gasteiger charge is -2.20. The number of fused-ring (bicyclic) bond motifs is 2. The number of benzene rings is 3. The summed E-state index contributed by atoms with van der Waals surface area (Å²) < 4.78 is 7.61. The fourth-order valence-electron chi connectivity index (χ4n) is 4.71. The summed E-state index contributed by atoms with van der Waals surface area (Å²) in [5.74, 6) is 1.37. The maximum atomic E-state index is 11.0. The molecule has 0 spiro atoms. The summed E-state index contributed by atoms with van der Waals surface area (Å²) in [6, 6.07) is 22.3. The Hall–Kier alpha value is -4.52. The lowest BCUT2D eigenvalue weighted by molar-refractivity contribution is 0.102. The Labute approximate surface area is 209 Å². The van der Waals surface area contributed by atoms with Crippen LogP contribution in [0.2, 0.25) is 0 Å². The Balaban J connectivity index is 1.23. The molecule has 0 atom stereocenters. The molecule has 6 rings (SSSR count). The van der Waals surface area contributed by atoms with E-state index >= 15 is 0 Å². The summed E-state index contributed by atoms with van der Waals surface area (Å²) in [6.07, 6.45) is 0. The summed E-state index contributed by atoms with van der Waals surface area (Å²) in [5.41, 5.74) is 8.40. The maximum absolute atomic E-state index is 11.0. The van der Waals surface area contributed by atoms with Gasteiger partial charge in [-0.05, 0) is 42.3 Å². The minimum absolute atomic E-state index is 0.117. The molecule has 7 heteroatoms. The molecule has 5 aromatic rings. The van der Waals surface area contributed by atoms with Gasteiger partial charge in [-0.1, -0.05) is 60.2 Å². The number of nitrogens with one attached hydrogen (secondary N) is 1. The van der Waals surface area contributed by atoms with Crippen molar-refractivity contribution in [3.8, 4) is 28.5 Å². The van der Waals surface area contributed by atoms with Crippen LogP contribution in [0.15, 0.2) is 79.2 Å². The fraction of sp³-hybridized carbons (Fsp3) is 0.172. The number of aryl methyl sites for hydroxylation is 2. The summed E-state index contributed by atoms with van der Waals surface area (Å²) in [7, 11) is 1.82.